The summed E-state index contributed by atoms with van der Waals surface area (Å²) in [6, 6.07) is 10.1. The zero-order valence-electron chi connectivity index (χ0n) is 24.2. The maximum Gasteiger partial charge on any atom is 0.295 e. The van der Waals surface area contributed by atoms with Gasteiger partial charge in [0.2, 0.25) is 0 Å². The van der Waals surface area contributed by atoms with Crippen molar-refractivity contribution in [3.63, 3.8) is 0 Å². The van der Waals surface area contributed by atoms with Crippen molar-refractivity contribution < 1.29 is 38.5 Å². The molecule has 0 bridgehead atoms. The first-order valence-corrected chi connectivity index (χ1v) is 14.7. The van der Waals surface area contributed by atoms with Crippen LogP contribution in [0, 0.1) is 0 Å². The van der Waals surface area contributed by atoms with Gasteiger partial charge in [0, 0.05) is 24.9 Å². The largest absolute Gasteiger partial charge is 0.507 e. The van der Waals surface area contributed by atoms with Crippen LogP contribution in [0.4, 0.5) is 0 Å². The number of amides is 1. The number of unbranched alkanes of at least 4 members (excludes halogenated alkanes) is 1. The molecule has 0 saturated carbocycles. The fourth-order valence-corrected chi connectivity index (χ4v) is 5.89. The summed E-state index contributed by atoms with van der Waals surface area (Å²) in [4.78, 5) is 30.0. The normalized spacial score (nSPS) is 22.1. The van der Waals surface area contributed by atoms with Gasteiger partial charge in [-0.3, -0.25) is 9.59 Å². The Morgan fingerprint density at radius 2 is 1.90 bits per heavy atom. The van der Waals surface area contributed by atoms with Gasteiger partial charge in [-0.15, -0.1) is 0 Å². The Kier molecular flexibility index (Phi) is 9.15. The van der Waals surface area contributed by atoms with Gasteiger partial charge < -0.3 is 33.9 Å². The Morgan fingerprint density at radius 1 is 1.10 bits per heavy atom. The lowest BCUT2D eigenvalue weighted by molar-refractivity contribution is -0.908. The number of carbonyl (C=O) groups is 2. The van der Waals surface area contributed by atoms with Crippen molar-refractivity contribution in [3.05, 3.63) is 58.7 Å². The molecule has 0 radical (unpaired) electrons. The summed E-state index contributed by atoms with van der Waals surface area (Å²) in [6.07, 6.45) is 3.42. The molecule has 0 unspecified atom stereocenters. The number of ether oxygens (including phenoxy) is 4. The molecule has 3 heterocycles. The van der Waals surface area contributed by atoms with Crippen molar-refractivity contribution in [2.75, 3.05) is 53.1 Å². The van der Waals surface area contributed by atoms with E-state index >= 15 is 0 Å². The summed E-state index contributed by atoms with van der Waals surface area (Å²) >= 11 is 0. The fourth-order valence-electron chi connectivity index (χ4n) is 5.89. The molecule has 9 heteroatoms. The minimum absolute atomic E-state index is 0.0482. The Balaban J connectivity index is 1.50. The second-order valence-electron chi connectivity index (χ2n) is 11.0. The molecule has 220 valence electrons. The summed E-state index contributed by atoms with van der Waals surface area (Å²) < 4.78 is 22.9. The maximum absolute atomic E-state index is 13.5. The number of aliphatic hydroxyl groups is 1. The number of hydrogen-bond donors (Lipinski definition) is 2. The Hall–Kier alpha value is -3.56. The smallest absolute Gasteiger partial charge is 0.295 e. The number of fused-ring (bicyclic) bond motifs is 1. The molecule has 2 aromatic carbocycles. The predicted octanol–water partition coefficient (Wildman–Crippen LogP) is 2.92. The van der Waals surface area contributed by atoms with Crippen LogP contribution >= 0.6 is 0 Å². The minimum Gasteiger partial charge on any atom is -0.507 e. The molecule has 2 saturated heterocycles. The van der Waals surface area contributed by atoms with Gasteiger partial charge in [-0.25, -0.2) is 0 Å². The van der Waals surface area contributed by atoms with Crippen molar-refractivity contribution in [1.82, 2.24) is 4.90 Å². The Morgan fingerprint density at radius 3 is 2.66 bits per heavy atom. The number of methoxy groups -OCH3 is 1. The number of nitrogens with one attached hydrogen (secondary N) is 1. The molecule has 3 aliphatic heterocycles. The van der Waals surface area contributed by atoms with Gasteiger partial charge in [-0.05, 0) is 54.8 Å². The van der Waals surface area contributed by atoms with Gasteiger partial charge in [0.25, 0.3) is 11.7 Å². The average Bonchev–Trinajstić information content (AvgIpc) is 3.48. The van der Waals surface area contributed by atoms with E-state index in [-0.39, 0.29) is 17.4 Å². The summed E-state index contributed by atoms with van der Waals surface area (Å²) in [7, 11) is 1.57. The third-order valence-corrected chi connectivity index (χ3v) is 8.10. The van der Waals surface area contributed by atoms with Crippen LogP contribution in [-0.2, 0) is 20.7 Å². The molecule has 41 heavy (non-hydrogen) atoms. The molecule has 3 aliphatic rings. The standard InChI is InChI=1S/C32H40N2O7/c1-4-5-15-40-26-10-7-22(20-27(26)38-3)29-28(30(35)23-8-9-25-24(19-23)18-21(2)41-25)31(36)32(37)34(29)12-6-11-33-13-16-39-17-14-33/h7-10,19-21,29,35H,4-6,11-18H2,1-3H3/p+1/t21-,29-/m0/s1. The van der Waals surface area contributed by atoms with Gasteiger partial charge >= 0.3 is 0 Å². The summed E-state index contributed by atoms with van der Waals surface area (Å²) in [5, 5.41) is 11.6. The third kappa shape index (κ3) is 6.21. The van der Waals surface area contributed by atoms with Crippen molar-refractivity contribution in [3.8, 4) is 17.2 Å². The molecule has 2 N–H and O–H groups in total. The highest BCUT2D eigenvalue weighted by atomic mass is 16.5. The SMILES string of the molecule is CCCCOc1ccc([C@H]2C(=C(O)c3ccc4c(c3)C[C@H](C)O4)C(=O)C(=O)N2CCC[NH+]2CCOCC2)cc1OC. The number of likely N-dealkylation sites (tertiary alicyclic amines) is 1. The Bertz CT molecular complexity index is 1300. The highest BCUT2D eigenvalue weighted by molar-refractivity contribution is 6.46. The number of rotatable bonds is 11. The van der Waals surface area contributed by atoms with Crippen molar-refractivity contribution in [1.29, 1.82) is 0 Å². The van der Waals surface area contributed by atoms with E-state index in [1.807, 2.05) is 37.3 Å². The highest BCUT2D eigenvalue weighted by Gasteiger charge is 2.46. The minimum atomic E-state index is -0.753. The summed E-state index contributed by atoms with van der Waals surface area (Å²) in [6.45, 7) is 9.25. The zero-order chi connectivity index (χ0) is 28.9. The molecular weight excluding hydrogens is 524 g/mol. The average molecular weight is 566 g/mol. The molecule has 1 amide bonds. The summed E-state index contributed by atoms with van der Waals surface area (Å²) in [5.74, 6) is 0.433. The zero-order valence-corrected chi connectivity index (χ0v) is 24.2. The molecule has 2 fully saturated rings. The van der Waals surface area contributed by atoms with Crippen LogP contribution in [0.25, 0.3) is 5.76 Å². The summed E-state index contributed by atoms with van der Waals surface area (Å²) in [5.41, 5.74) is 2.23. The van der Waals surface area contributed by atoms with Crippen LogP contribution in [0.3, 0.4) is 0 Å². The first-order chi connectivity index (χ1) is 19.9. The third-order valence-electron chi connectivity index (χ3n) is 8.10. The van der Waals surface area contributed by atoms with Crippen LogP contribution in [0.2, 0.25) is 0 Å². The van der Waals surface area contributed by atoms with E-state index < -0.39 is 17.7 Å². The molecule has 0 aromatic heterocycles. The monoisotopic (exact) mass is 565 g/mol. The second-order valence-corrected chi connectivity index (χ2v) is 11.0. The Labute approximate surface area is 241 Å². The van der Waals surface area contributed by atoms with Crippen LogP contribution < -0.4 is 19.1 Å². The molecular formula is C32H41N2O7+. The van der Waals surface area contributed by atoms with E-state index in [1.165, 1.54) is 4.90 Å². The van der Waals surface area contributed by atoms with E-state index in [9.17, 15) is 14.7 Å². The van der Waals surface area contributed by atoms with E-state index in [4.69, 9.17) is 18.9 Å². The van der Waals surface area contributed by atoms with E-state index in [2.05, 4.69) is 6.92 Å². The van der Waals surface area contributed by atoms with Crippen molar-refractivity contribution >= 4 is 17.4 Å². The number of ketones is 1. The molecule has 0 aliphatic carbocycles. The predicted molar refractivity (Wildman–Crippen MR) is 154 cm³/mol. The lowest BCUT2D eigenvalue weighted by Gasteiger charge is -2.28. The van der Waals surface area contributed by atoms with Gasteiger partial charge in [0.05, 0.1) is 45.1 Å². The second kappa shape index (κ2) is 13.0. The quantitative estimate of drug-likeness (QED) is 0.187. The highest BCUT2D eigenvalue weighted by Crippen LogP contribution is 2.42. The molecule has 9 nitrogen and oxygen atoms in total. The topological polar surface area (TPSA) is 99.0 Å². The van der Waals surface area contributed by atoms with Gasteiger partial charge in [-0.2, -0.15) is 0 Å². The number of Topliss-reactive ketones (excluding diaryl/α,β-unsaturated/α-hetero) is 1. The van der Waals surface area contributed by atoms with Gasteiger partial charge in [-0.1, -0.05) is 19.4 Å². The van der Waals surface area contributed by atoms with Gasteiger partial charge in [0.1, 0.15) is 30.7 Å². The lowest BCUT2D eigenvalue weighted by atomic mass is 9.94. The number of aliphatic hydroxyl groups excluding tert-OH is 1. The number of nitrogens with zero attached hydrogens (tertiary/aromatic N) is 1. The number of quaternary nitrogens is 1. The number of hydrogen-bond acceptors (Lipinski definition) is 7. The molecule has 2 atom stereocenters. The number of carbonyl (C=O) groups excluding carboxylic acids is 2. The molecule has 0 spiro atoms. The molecule has 2 aromatic rings. The molecule has 5 rings (SSSR count). The van der Waals surface area contributed by atoms with E-state index in [0.717, 1.165) is 69.8 Å². The van der Waals surface area contributed by atoms with Crippen LogP contribution in [0.5, 0.6) is 17.2 Å². The van der Waals surface area contributed by atoms with E-state index in [0.29, 0.717) is 35.8 Å². The van der Waals surface area contributed by atoms with Crippen LogP contribution in [-0.4, -0.2) is 80.9 Å². The number of morpholine rings is 1. The van der Waals surface area contributed by atoms with E-state index in [1.54, 1.807) is 18.1 Å². The maximum atomic E-state index is 13.5. The van der Waals surface area contributed by atoms with Crippen LogP contribution in [0.1, 0.15) is 55.8 Å². The van der Waals surface area contributed by atoms with Gasteiger partial charge in [0.15, 0.2) is 11.5 Å². The fraction of sp³-hybridized carbons (Fsp3) is 0.500. The van der Waals surface area contributed by atoms with Crippen molar-refractivity contribution in [2.45, 2.75) is 51.7 Å². The number of benzene rings is 2. The lowest BCUT2D eigenvalue weighted by Crippen LogP contribution is -3.14. The first-order valence-electron chi connectivity index (χ1n) is 14.7. The first kappa shape index (κ1) is 29.0. The van der Waals surface area contributed by atoms with Crippen molar-refractivity contribution in [2.24, 2.45) is 0 Å². The van der Waals surface area contributed by atoms with Crippen LogP contribution in [0.15, 0.2) is 42.0 Å².